The average Bonchev–Trinajstić information content (AvgIpc) is 3.00. The van der Waals surface area contributed by atoms with Gasteiger partial charge in [-0.2, -0.15) is 5.10 Å². The maximum atomic E-state index is 14.0. The molecule has 0 unspecified atom stereocenters. The van der Waals surface area contributed by atoms with Gasteiger partial charge in [0, 0.05) is 12.2 Å². The SMILES string of the molecule is Fc1cc(NCC2CCNCC2)ccc1-n1cncn1. The maximum Gasteiger partial charge on any atom is 0.150 e. The van der Waals surface area contributed by atoms with Crippen LogP contribution >= 0.6 is 0 Å². The van der Waals surface area contributed by atoms with Gasteiger partial charge >= 0.3 is 0 Å². The molecule has 0 bridgehead atoms. The van der Waals surface area contributed by atoms with Crippen LogP contribution in [0.25, 0.3) is 5.69 Å². The summed E-state index contributed by atoms with van der Waals surface area (Å²) < 4.78 is 15.5. The van der Waals surface area contributed by atoms with Gasteiger partial charge in [-0.1, -0.05) is 0 Å². The van der Waals surface area contributed by atoms with Crippen LogP contribution < -0.4 is 10.6 Å². The Morgan fingerprint density at radius 1 is 1.35 bits per heavy atom. The van der Waals surface area contributed by atoms with E-state index in [-0.39, 0.29) is 5.82 Å². The lowest BCUT2D eigenvalue weighted by atomic mass is 9.98. The molecule has 0 radical (unpaired) electrons. The summed E-state index contributed by atoms with van der Waals surface area (Å²) in [6.45, 7) is 3.04. The van der Waals surface area contributed by atoms with E-state index in [2.05, 4.69) is 20.7 Å². The molecule has 1 aliphatic rings. The van der Waals surface area contributed by atoms with Crippen LogP contribution in [0.2, 0.25) is 0 Å². The molecular weight excluding hydrogens is 257 g/mol. The summed E-state index contributed by atoms with van der Waals surface area (Å²) in [6, 6.07) is 5.11. The van der Waals surface area contributed by atoms with Crippen molar-refractivity contribution >= 4 is 5.69 Å². The van der Waals surface area contributed by atoms with Crippen molar-refractivity contribution < 1.29 is 4.39 Å². The fourth-order valence-corrected chi connectivity index (χ4v) is 2.48. The third-order valence-electron chi connectivity index (χ3n) is 3.67. The minimum Gasteiger partial charge on any atom is -0.385 e. The van der Waals surface area contributed by atoms with Gasteiger partial charge in [0.2, 0.25) is 0 Å². The Kier molecular flexibility index (Phi) is 3.92. The molecule has 1 aliphatic heterocycles. The topological polar surface area (TPSA) is 54.8 Å². The smallest absolute Gasteiger partial charge is 0.150 e. The largest absolute Gasteiger partial charge is 0.385 e. The van der Waals surface area contributed by atoms with Gasteiger partial charge < -0.3 is 10.6 Å². The van der Waals surface area contributed by atoms with Crippen molar-refractivity contribution in [1.82, 2.24) is 20.1 Å². The molecule has 1 aromatic carbocycles. The second-order valence-corrected chi connectivity index (χ2v) is 5.08. The van der Waals surface area contributed by atoms with Crippen LogP contribution in [-0.2, 0) is 0 Å². The van der Waals surface area contributed by atoms with E-state index in [4.69, 9.17) is 0 Å². The van der Waals surface area contributed by atoms with Gasteiger partial charge in [0.25, 0.3) is 0 Å². The van der Waals surface area contributed by atoms with Gasteiger partial charge in [-0.05, 0) is 50.0 Å². The first-order valence-corrected chi connectivity index (χ1v) is 6.92. The van der Waals surface area contributed by atoms with Crippen molar-refractivity contribution in [1.29, 1.82) is 0 Å². The van der Waals surface area contributed by atoms with Crippen LogP contribution in [0.4, 0.5) is 10.1 Å². The van der Waals surface area contributed by atoms with Gasteiger partial charge in [0.1, 0.15) is 18.3 Å². The highest BCUT2D eigenvalue weighted by Gasteiger charge is 2.13. The van der Waals surface area contributed by atoms with Crippen molar-refractivity contribution in [2.45, 2.75) is 12.8 Å². The number of halogens is 1. The number of anilines is 1. The van der Waals surface area contributed by atoms with Crippen molar-refractivity contribution in [3.05, 3.63) is 36.7 Å². The Labute approximate surface area is 117 Å². The first-order valence-electron chi connectivity index (χ1n) is 6.92. The molecule has 0 aliphatic carbocycles. The van der Waals surface area contributed by atoms with E-state index < -0.39 is 0 Å². The lowest BCUT2D eigenvalue weighted by Gasteiger charge is -2.23. The number of aromatic nitrogens is 3. The highest BCUT2D eigenvalue weighted by Crippen LogP contribution is 2.19. The molecule has 106 valence electrons. The lowest BCUT2D eigenvalue weighted by molar-refractivity contribution is 0.390. The second-order valence-electron chi connectivity index (χ2n) is 5.08. The number of benzene rings is 1. The van der Waals surface area contributed by atoms with Crippen LogP contribution in [0.5, 0.6) is 0 Å². The van der Waals surface area contributed by atoms with E-state index in [0.29, 0.717) is 11.6 Å². The summed E-state index contributed by atoms with van der Waals surface area (Å²) in [4.78, 5) is 3.82. The van der Waals surface area contributed by atoms with Crippen molar-refractivity contribution in [3.63, 3.8) is 0 Å². The third kappa shape index (κ3) is 2.96. The Hall–Kier alpha value is -1.95. The molecule has 1 aromatic heterocycles. The monoisotopic (exact) mass is 275 g/mol. The molecule has 0 amide bonds. The number of hydrogen-bond donors (Lipinski definition) is 2. The first kappa shape index (κ1) is 13.1. The average molecular weight is 275 g/mol. The van der Waals surface area contributed by atoms with E-state index in [1.165, 1.54) is 36.2 Å². The zero-order chi connectivity index (χ0) is 13.8. The molecule has 1 saturated heterocycles. The fourth-order valence-electron chi connectivity index (χ4n) is 2.48. The minimum atomic E-state index is -0.300. The molecule has 2 N–H and O–H groups in total. The van der Waals surface area contributed by atoms with Crippen molar-refractivity contribution in [3.8, 4) is 5.69 Å². The molecule has 6 heteroatoms. The van der Waals surface area contributed by atoms with E-state index in [1.54, 1.807) is 6.07 Å². The number of piperidine rings is 1. The second kappa shape index (κ2) is 6.00. The Morgan fingerprint density at radius 3 is 2.90 bits per heavy atom. The van der Waals surface area contributed by atoms with E-state index in [0.717, 1.165) is 25.3 Å². The summed E-state index contributed by atoms with van der Waals surface area (Å²) in [7, 11) is 0. The summed E-state index contributed by atoms with van der Waals surface area (Å²) in [5.41, 5.74) is 1.22. The van der Waals surface area contributed by atoms with Crippen molar-refractivity contribution in [2.24, 2.45) is 5.92 Å². The number of hydrogen-bond acceptors (Lipinski definition) is 4. The maximum absolute atomic E-state index is 14.0. The van der Waals surface area contributed by atoms with E-state index in [1.807, 2.05) is 6.07 Å². The van der Waals surface area contributed by atoms with Crippen LogP contribution in [-0.4, -0.2) is 34.4 Å². The van der Waals surface area contributed by atoms with E-state index in [9.17, 15) is 4.39 Å². The zero-order valence-corrected chi connectivity index (χ0v) is 11.2. The van der Waals surface area contributed by atoms with Crippen LogP contribution in [0.1, 0.15) is 12.8 Å². The number of nitrogens with one attached hydrogen (secondary N) is 2. The number of rotatable bonds is 4. The Morgan fingerprint density at radius 2 is 2.20 bits per heavy atom. The molecule has 5 nitrogen and oxygen atoms in total. The zero-order valence-electron chi connectivity index (χ0n) is 11.2. The predicted octanol–water partition coefficient (Wildman–Crippen LogP) is 1.82. The first-order chi connectivity index (χ1) is 9.83. The molecule has 0 saturated carbocycles. The highest BCUT2D eigenvalue weighted by atomic mass is 19.1. The highest BCUT2D eigenvalue weighted by molar-refractivity contribution is 5.49. The van der Waals surface area contributed by atoms with Crippen LogP contribution in [0.15, 0.2) is 30.9 Å². The summed E-state index contributed by atoms with van der Waals surface area (Å²) in [5.74, 6) is 0.361. The molecular formula is C14H18FN5. The molecule has 3 rings (SSSR count). The summed E-state index contributed by atoms with van der Waals surface area (Å²) >= 11 is 0. The van der Waals surface area contributed by atoms with E-state index >= 15 is 0 Å². The summed E-state index contributed by atoms with van der Waals surface area (Å²) in [6.07, 6.45) is 5.22. The molecule has 20 heavy (non-hydrogen) atoms. The standard InChI is InChI=1S/C14H18FN5/c15-13-7-12(18-8-11-3-5-16-6-4-11)1-2-14(13)20-10-17-9-19-20/h1-2,7,9-11,16,18H,3-6,8H2. The number of nitrogens with zero attached hydrogens (tertiary/aromatic N) is 3. The van der Waals surface area contributed by atoms with Crippen molar-refractivity contribution in [2.75, 3.05) is 25.0 Å². The lowest BCUT2D eigenvalue weighted by Crippen LogP contribution is -2.31. The van der Waals surface area contributed by atoms with Gasteiger partial charge in [0.15, 0.2) is 5.82 Å². The Bertz CT molecular complexity index is 549. The quantitative estimate of drug-likeness (QED) is 0.893. The van der Waals surface area contributed by atoms with Gasteiger partial charge in [-0.3, -0.25) is 0 Å². The van der Waals surface area contributed by atoms with Gasteiger partial charge in [0.05, 0.1) is 0 Å². The minimum absolute atomic E-state index is 0.300. The molecule has 0 spiro atoms. The third-order valence-corrected chi connectivity index (χ3v) is 3.67. The molecule has 0 atom stereocenters. The van der Waals surface area contributed by atoms with Crippen LogP contribution in [0, 0.1) is 11.7 Å². The molecule has 2 aromatic rings. The van der Waals surface area contributed by atoms with Gasteiger partial charge in [-0.25, -0.2) is 14.1 Å². The van der Waals surface area contributed by atoms with Crippen LogP contribution in [0.3, 0.4) is 0 Å². The van der Waals surface area contributed by atoms with Gasteiger partial charge in [-0.15, -0.1) is 0 Å². The Balaban J connectivity index is 1.64. The summed E-state index contributed by atoms with van der Waals surface area (Å²) in [5, 5.41) is 10.6. The predicted molar refractivity (Wildman–Crippen MR) is 75.4 cm³/mol. The molecule has 1 fully saturated rings. The fraction of sp³-hybridized carbons (Fsp3) is 0.429. The normalized spacial score (nSPS) is 16.2. The molecule has 2 heterocycles.